The lowest BCUT2D eigenvalue weighted by atomic mass is 10.0. The fourth-order valence-electron chi connectivity index (χ4n) is 1.87. The van der Waals surface area contributed by atoms with Crippen molar-refractivity contribution in [2.75, 3.05) is 0 Å². The van der Waals surface area contributed by atoms with Crippen LogP contribution in [0.2, 0.25) is 0 Å². The molecule has 24 heavy (non-hydrogen) atoms. The molecular formula is C14H13F6NO3. The predicted molar refractivity (Wildman–Crippen MR) is 70.2 cm³/mol. The highest BCUT2D eigenvalue weighted by Crippen LogP contribution is 2.36. The van der Waals surface area contributed by atoms with Gasteiger partial charge in [0, 0.05) is 5.56 Å². The summed E-state index contributed by atoms with van der Waals surface area (Å²) in [6, 6.07) is -1.03. The highest BCUT2D eigenvalue weighted by Gasteiger charge is 2.37. The summed E-state index contributed by atoms with van der Waals surface area (Å²) in [7, 11) is 0. The van der Waals surface area contributed by atoms with Crippen LogP contribution in [0.4, 0.5) is 26.3 Å². The van der Waals surface area contributed by atoms with Crippen LogP contribution in [0.1, 0.15) is 41.3 Å². The Balaban J connectivity index is 3.26. The Morgan fingerprint density at radius 2 is 1.50 bits per heavy atom. The van der Waals surface area contributed by atoms with E-state index in [0.29, 0.717) is 6.42 Å². The van der Waals surface area contributed by atoms with E-state index in [2.05, 4.69) is 0 Å². The highest BCUT2D eigenvalue weighted by atomic mass is 19.4. The molecule has 10 heteroatoms. The van der Waals surface area contributed by atoms with E-state index < -0.39 is 47.0 Å². The van der Waals surface area contributed by atoms with Gasteiger partial charge in [0.2, 0.25) is 0 Å². The van der Waals surface area contributed by atoms with Gasteiger partial charge in [0.15, 0.2) is 0 Å². The van der Waals surface area contributed by atoms with Gasteiger partial charge >= 0.3 is 18.3 Å². The number of carbonyl (C=O) groups excluding carboxylic acids is 1. The van der Waals surface area contributed by atoms with E-state index in [9.17, 15) is 35.9 Å². The summed E-state index contributed by atoms with van der Waals surface area (Å²) in [5, 5.41) is 10.8. The molecule has 1 aromatic carbocycles. The molecule has 134 valence electrons. The second-order valence-electron chi connectivity index (χ2n) is 4.95. The van der Waals surface area contributed by atoms with E-state index in [1.54, 1.807) is 6.92 Å². The van der Waals surface area contributed by atoms with Crippen LogP contribution in [0.15, 0.2) is 18.2 Å². The summed E-state index contributed by atoms with van der Waals surface area (Å²) in [6.45, 7) is 1.61. The van der Waals surface area contributed by atoms with Crippen molar-refractivity contribution in [2.24, 2.45) is 0 Å². The van der Waals surface area contributed by atoms with Gasteiger partial charge in [-0.2, -0.15) is 26.3 Å². The number of aliphatic carboxylic acids is 1. The summed E-state index contributed by atoms with van der Waals surface area (Å²) in [6.07, 6.45) is -9.86. The van der Waals surface area contributed by atoms with Crippen LogP contribution in [0.3, 0.4) is 0 Å². The topological polar surface area (TPSA) is 66.4 Å². The molecule has 0 bridgehead atoms. The van der Waals surface area contributed by atoms with Crippen molar-refractivity contribution < 1.29 is 41.0 Å². The standard InChI is InChI=1S/C14H13F6NO3/c1-2-3-10(12(23)24)21-11(22)7-4-8(13(15,16)17)6-9(5-7)14(18,19)20/h4-6,10H,2-3H2,1H3,(H,21,22)(H,23,24). The second kappa shape index (κ2) is 7.10. The van der Waals surface area contributed by atoms with E-state index in [-0.39, 0.29) is 24.6 Å². The molecule has 1 amide bonds. The molecule has 0 aliphatic heterocycles. The van der Waals surface area contributed by atoms with Crippen molar-refractivity contribution in [3.05, 3.63) is 34.9 Å². The molecule has 0 fully saturated rings. The Kier molecular flexibility index (Phi) is 5.85. The number of nitrogens with one attached hydrogen (secondary N) is 1. The van der Waals surface area contributed by atoms with Gasteiger partial charge in [-0.05, 0) is 24.6 Å². The summed E-state index contributed by atoms with van der Waals surface area (Å²) in [5.74, 6) is -2.76. The van der Waals surface area contributed by atoms with E-state index in [1.807, 2.05) is 5.32 Å². The molecule has 0 spiro atoms. The van der Waals surface area contributed by atoms with Crippen LogP contribution in [0.5, 0.6) is 0 Å². The van der Waals surface area contributed by atoms with Crippen LogP contribution < -0.4 is 5.32 Å². The lowest BCUT2D eigenvalue weighted by Crippen LogP contribution is -2.40. The Morgan fingerprint density at radius 3 is 1.83 bits per heavy atom. The van der Waals surface area contributed by atoms with Crippen LogP contribution in [0.25, 0.3) is 0 Å². The average Bonchev–Trinajstić information content (AvgIpc) is 2.44. The number of benzene rings is 1. The number of amides is 1. The Bertz CT molecular complexity index is 592. The minimum absolute atomic E-state index is 0.0217. The van der Waals surface area contributed by atoms with Crippen molar-refractivity contribution in [1.82, 2.24) is 5.32 Å². The van der Waals surface area contributed by atoms with Crippen molar-refractivity contribution in [3.8, 4) is 0 Å². The third kappa shape index (κ3) is 5.14. The minimum atomic E-state index is -5.09. The van der Waals surface area contributed by atoms with Crippen molar-refractivity contribution in [1.29, 1.82) is 0 Å². The van der Waals surface area contributed by atoms with Crippen LogP contribution in [-0.2, 0) is 17.1 Å². The lowest BCUT2D eigenvalue weighted by molar-refractivity contribution is -0.143. The van der Waals surface area contributed by atoms with E-state index in [1.165, 1.54) is 0 Å². The zero-order valence-corrected chi connectivity index (χ0v) is 12.3. The molecule has 0 aliphatic carbocycles. The monoisotopic (exact) mass is 357 g/mol. The van der Waals surface area contributed by atoms with Crippen molar-refractivity contribution in [2.45, 2.75) is 38.2 Å². The molecule has 1 unspecified atom stereocenters. The number of rotatable bonds is 5. The number of carbonyl (C=O) groups is 2. The molecule has 0 aliphatic rings. The molecule has 0 aromatic heterocycles. The molecule has 2 N–H and O–H groups in total. The first-order chi connectivity index (χ1) is 10.9. The number of carboxylic acids is 1. The fourth-order valence-corrected chi connectivity index (χ4v) is 1.87. The molecule has 4 nitrogen and oxygen atoms in total. The quantitative estimate of drug-likeness (QED) is 0.790. The molecule has 1 aromatic rings. The molecule has 1 rings (SSSR count). The first kappa shape index (κ1) is 19.8. The molecule has 0 heterocycles. The van der Waals surface area contributed by atoms with Gasteiger partial charge in [-0.15, -0.1) is 0 Å². The normalized spacial score (nSPS) is 13.5. The maximum absolute atomic E-state index is 12.7. The van der Waals surface area contributed by atoms with E-state index in [0.717, 1.165) is 0 Å². The van der Waals surface area contributed by atoms with Crippen LogP contribution in [0, 0.1) is 0 Å². The van der Waals surface area contributed by atoms with Gasteiger partial charge in [0.1, 0.15) is 6.04 Å². The van der Waals surface area contributed by atoms with Gasteiger partial charge in [0.25, 0.3) is 5.91 Å². The smallest absolute Gasteiger partial charge is 0.416 e. The number of carboxylic acid groups (broad SMARTS) is 1. The number of alkyl halides is 6. The zero-order valence-electron chi connectivity index (χ0n) is 12.3. The maximum Gasteiger partial charge on any atom is 0.416 e. The summed E-state index contributed by atoms with van der Waals surface area (Å²) >= 11 is 0. The average molecular weight is 357 g/mol. The van der Waals surface area contributed by atoms with Crippen LogP contribution >= 0.6 is 0 Å². The van der Waals surface area contributed by atoms with Crippen LogP contribution in [-0.4, -0.2) is 23.0 Å². The Hall–Kier alpha value is -2.26. The van der Waals surface area contributed by atoms with Crippen molar-refractivity contribution in [3.63, 3.8) is 0 Å². The molecule has 1 atom stereocenters. The zero-order chi connectivity index (χ0) is 18.7. The largest absolute Gasteiger partial charge is 0.480 e. The van der Waals surface area contributed by atoms with Gasteiger partial charge in [-0.1, -0.05) is 13.3 Å². The predicted octanol–water partition coefficient (Wildman–Crippen LogP) is 3.71. The fraction of sp³-hybridized carbons (Fsp3) is 0.429. The Morgan fingerprint density at radius 1 is 1.04 bits per heavy atom. The van der Waals surface area contributed by atoms with E-state index >= 15 is 0 Å². The van der Waals surface area contributed by atoms with Crippen molar-refractivity contribution >= 4 is 11.9 Å². The lowest BCUT2D eigenvalue weighted by Gasteiger charge is -2.16. The SMILES string of the molecule is CCCC(NC(=O)c1cc(C(F)(F)F)cc(C(F)(F)F)c1)C(=O)O. The number of hydrogen-bond acceptors (Lipinski definition) is 2. The van der Waals surface area contributed by atoms with Gasteiger partial charge in [-0.25, -0.2) is 4.79 Å². The first-order valence-corrected chi connectivity index (χ1v) is 6.69. The third-order valence-electron chi connectivity index (χ3n) is 3.03. The number of hydrogen-bond donors (Lipinski definition) is 2. The molecule has 0 saturated heterocycles. The molecule has 0 saturated carbocycles. The van der Waals surface area contributed by atoms with Gasteiger partial charge in [-0.3, -0.25) is 4.79 Å². The minimum Gasteiger partial charge on any atom is -0.480 e. The maximum atomic E-state index is 12.7. The summed E-state index contributed by atoms with van der Waals surface area (Å²) in [5.41, 5.74) is -4.21. The first-order valence-electron chi connectivity index (χ1n) is 6.69. The van der Waals surface area contributed by atoms with Gasteiger partial charge in [0.05, 0.1) is 11.1 Å². The molecular weight excluding hydrogens is 344 g/mol. The summed E-state index contributed by atoms with van der Waals surface area (Å²) in [4.78, 5) is 22.8. The Labute approximate surface area is 132 Å². The van der Waals surface area contributed by atoms with E-state index in [4.69, 9.17) is 5.11 Å². The van der Waals surface area contributed by atoms with Gasteiger partial charge < -0.3 is 10.4 Å². The molecule has 0 radical (unpaired) electrons. The number of halogens is 6. The second-order valence-corrected chi connectivity index (χ2v) is 4.95. The summed E-state index contributed by atoms with van der Waals surface area (Å²) < 4.78 is 76.3. The third-order valence-corrected chi connectivity index (χ3v) is 3.03. The highest BCUT2D eigenvalue weighted by molar-refractivity contribution is 5.97.